The number of hydrogen-bond acceptors (Lipinski definition) is 3. The summed E-state index contributed by atoms with van der Waals surface area (Å²) in [6.07, 6.45) is 4.83. The molecule has 1 heterocycles. The van der Waals surface area contributed by atoms with E-state index in [0.29, 0.717) is 6.54 Å². The van der Waals surface area contributed by atoms with Crippen LogP contribution in [0, 0.1) is 0 Å². The van der Waals surface area contributed by atoms with Crippen molar-refractivity contribution >= 4 is 26.7 Å². The van der Waals surface area contributed by atoms with Gasteiger partial charge in [0.25, 0.3) is 0 Å². The molecule has 0 saturated carbocycles. The molecule has 2 aromatic carbocycles. The Labute approximate surface area is 167 Å². The summed E-state index contributed by atoms with van der Waals surface area (Å²) >= 11 is 0. The Hall–Kier alpha value is -1.96. The summed E-state index contributed by atoms with van der Waals surface area (Å²) in [7, 11) is -2.26. The molecule has 2 N–H and O–H groups in total. The van der Waals surface area contributed by atoms with E-state index in [1.54, 1.807) is 23.1 Å². The Bertz CT molecular complexity index is 908. The first-order valence-corrected chi connectivity index (χ1v) is 11.5. The number of quaternary nitrogens is 1. The van der Waals surface area contributed by atoms with E-state index in [9.17, 15) is 13.2 Å². The predicted molar refractivity (Wildman–Crippen MR) is 111 cm³/mol. The van der Waals surface area contributed by atoms with Gasteiger partial charge in [-0.2, -0.15) is 4.31 Å². The molecule has 7 heteroatoms. The van der Waals surface area contributed by atoms with E-state index in [0.717, 1.165) is 28.0 Å². The van der Waals surface area contributed by atoms with Crippen molar-refractivity contribution in [1.29, 1.82) is 0 Å². The topological polar surface area (TPSA) is 70.9 Å². The molecule has 0 atom stereocenters. The molecule has 3 rings (SSSR count). The SMILES string of the molecule is CN(CC(=O)NCCC[NH+]1CCCCC1)S(=O)(=O)c1ccc2ccccc2c1. The van der Waals surface area contributed by atoms with Gasteiger partial charge in [0.05, 0.1) is 31.1 Å². The van der Waals surface area contributed by atoms with Crippen LogP contribution in [0.15, 0.2) is 47.4 Å². The Morgan fingerprint density at radius 1 is 1.07 bits per heavy atom. The van der Waals surface area contributed by atoms with Crippen molar-refractivity contribution in [3.05, 3.63) is 42.5 Å². The van der Waals surface area contributed by atoms with Crippen molar-refractivity contribution < 1.29 is 18.1 Å². The molecule has 0 aliphatic carbocycles. The minimum absolute atomic E-state index is 0.175. The van der Waals surface area contributed by atoms with Gasteiger partial charge < -0.3 is 10.2 Å². The standard InChI is InChI=1S/C21H29N3O3S/c1-23(17-21(25)22-12-7-15-24-13-5-2-6-14-24)28(26,27)20-11-10-18-8-3-4-9-19(18)16-20/h3-4,8-11,16H,2,5-7,12-15,17H2,1H3,(H,22,25)/p+1. The maximum atomic E-state index is 12.8. The Balaban J connectivity index is 1.50. The molecule has 1 amide bonds. The molecule has 0 radical (unpaired) electrons. The van der Waals surface area contributed by atoms with E-state index >= 15 is 0 Å². The highest BCUT2D eigenvalue weighted by Gasteiger charge is 2.23. The molecule has 0 spiro atoms. The van der Waals surface area contributed by atoms with Crippen LogP contribution in [0.5, 0.6) is 0 Å². The summed E-state index contributed by atoms with van der Waals surface area (Å²) in [4.78, 5) is 14.0. The largest absolute Gasteiger partial charge is 0.355 e. The van der Waals surface area contributed by atoms with Crippen molar-refractivity contribution in [3.8, 4) is 0 Å². The van der Waals surface area contributed by atoms with Crippen LogP contribution in [0.25, 0.3) is 10.8 Å². The molecule has 2 aromatic rings. The van der Waals surface area contributed by atoms with Crippen LogP contribution in [-0.2, 0) is 14.8 Å². The lowest BCUT2D eigenvalue weighted by molar-refractivity contribution is -0.904. The second-order valence-corrected chi connectivity index (χ2v) is 9.58. The fourth-order valence-electron chi connectivity index (χ4n) is 3.72. The van der Waals surface area contributed by atoms with E-state index in [-0.39, 0.29) is 17.3 Å². The summed E-state index contributed by atoms with van der Waals surface area (Å²) < 4.78 is 26.7. The van der Waals surface area contributed by atoms with Crippen LogP contribution in [-0.4, -0.2) is 58.4 Å². The van der Waals surface area contributed by atoms with Crippen LogP contribution in [0.1, 0.15) is 25.7 Å². The van der Waals surface area contributed by atoms with Crippen LogP contribution >= 0.6 is 0 Å². The lowest BCUT2D eigenvalue weighted by Gasteiger charge is -2.23. The number of piperidine rings is 1. The normalized spacial score (nSPS) is 15.8. The fraction of sp³-hybridized carbons (Fsp3) is 0.476. The number of likely N-dealkylation sites (N-methyl/N-ethyl adjacent to an activating group) is 1. The van der Waals surface area contributed by atoms with Crippen molar-refractivity contribution in [1.82, 2.24) is 9.62 Å². The number of rotatable bonds is 8. The number of nitrogens with zero attached hydrogens (tertiary/aromatic N) is 1. The first kappa shape index (κ1) is 20.8. The van der Waals surface area contributed by atoms with Gasteiger partial charge in [0.1, 0.15) is 0 Å². The molecule has 1 fully saturated rings. The smallest absolute Gasteiger partial charge is 0.243 e. The van der Waals surface area contributed by atoms with E-state index < -0.39 is 10.0 Å². The van der Waals surface area contributed by atoms with Crippen LogP contribution in [0.4, 0.5) is 0 Å². The van der Waals surface area contributed by atoms with Crippen LogP contribution in [0.2, 0.25) is 0 Å². The monoisotopic (exact) mass is 404 g/mol. The van der Waals surface area contributed by atoms with Gasteiger partial charge in [0.2, 0.25) is 15.9 Å². The van der Waals surface area contributed by atoms with Gasteiger partial charge in [-0.05, 0) is 42.2 Å². The molecular formula is C21H30N3O3S+. The minimum atomic E-state index is -3.70. The zero-order valence-corrected chi connectivity index (χ0v) is 17.3. The van der Waals surface area contributed by atoms with Gasteiger partial charge in [-0.25, -0.2) is 8.42 Å². The summed E-state index contributed by atoms with van der Waals surface area (Å²) in [5.74, 6) is -0.263. The number of sulfonamides is 1. The molecule has 1 aliphatic heterocycles. The highest BCUT2D eigenvalue weighted by molar-refractivity contribution is 7.89. The molecule has 6 nitrogen and oxygen atoms in total. The van der Waals surface area contributed by atoms with Crippen molar-refractivity contribution in [2.45, 2.75) is 30.6 Å². The predicted octanol–water partition coefficient (Wildman–Crippen LogP) is 1.04. The lowest BCUT2D eigenvalue weighted by Crippen LogP contribution is -3.12. The van der Waals surface area contributed by atoms with E-state index in [4.69, 9.17) is 0 Å². The first-order valence-electron chi connectivity index (χ1n) is 10.0. The molecule has 152 valence electrons. The van der Waals surface area contributed by atoms with E-state index in [2.05, 4.69) is 5.32 Å². The molecule has 0 bridgehead atoms. The number of nitrogens with one attached hydrogen (secondary N) is 2. The second-order valence-electron chi connectivity index (χ2n) is 7.53. The average molecular weight is 405 g/mol. The van der Waals surface area contributed by atoms with Gasteiger partial charge >= 0.3 is 0 Å². The maximum Gasteiger partial charge on any atom is 0.243 e. The molecule has 1 saturated heterocycles. The quantitative estimate of drug-likeness (QED) is 0.646. The fourth-order valence-corrected chi connectivity index (χ4v) is 4.88. The molecular weight excluding hydrogens is 374 g/mol. The van der Waals surface area contributed by atoms with Gasteiger partial charge in [-0.15, -0.1) is 0 Å². The van der Waals surface area contributed by atoms with E-state index in [1.165, 1.54) is 39.4 Å². The maximum absolute atomic E-state index is 12.8. The van der Waals surface area contributed by atoms with Crippen LogP contribution in [0.3, 0.4) is 0 Å². The highest BCUT2D eigenvalue weighted by atomic mass is 32.2. The third-order valence-corrected chi connectivity index (χ3v) is 7.18. The lowest BCUT2D eigenvalue weighted by atomic mass is 10.1. The number of hydrogen-bond donors (Lipinski definition) is 2. The van der Waals surface area contributed by atoms with Crippen molar-refractivity contribution in [2.24, 2.45) is 0 Å². The molecule has 0 unspecified atom stereocenters. The number of amides is 1. The molecule has 28 heavy (non-hydrogen) atoms. The van der Waals surface area contributed by atoms with Gasteiger partial charge in [0, 0.05) is 20.0 Å². The Morgan fingerprint density at radius 3 is 2.54 bits per heavy atom. The van der Waals surface area contributed by atoms with E-state index in [1.807, 2.05) is 24.3 Å². The minimum Gasteiger partial charge on any atom is -0.355 e. The zero-order valence-electron chi connectivity index (χ0n) is 16.5. The van der Waals surface area contributed by atoms with Crippen molar-refractivity contribution in [3.63, 3.8) is 0 Å². The Kier molecular flexibility index (Phi) is 7.04. The molecule has 0 aromatic heterocycles. The van der Waals surface area contributed by atoms with Crippen molar-refractivity contribution in [2.75, 3.05) is 39.8 Å². The third kappa shape index (κ3) is 5.31. The first-order chi connectivity index (χ1) is 13.5. The summed E-state index contributed by atoms with van der Waals surface area (Å²) in [5, 5.41) is 4.69. The van der Waals surface area contributed by atoms with Gasteiger partial charge in [-0.1, -0.05) is 30.3 Å². The highest BCUT2D eigenvalue weighted by Crippen LogP contribution is 2.21. The number of benzene rings is 2. The third-order valence-electron chi connectivity index (χ3n) is 5.39. The molecule has 1 aliphatic rings. The van der Waals surface area contributed by atoms with Gasteiger partial charge in [-0.3, -0.25) is 4.79 Å². The summed E-state index contributed by atoms with van der Waals surface area (Å²) in [6, 6.07) is 12.6. The summed E-state index contributed by atoms with van der Waals surface area (Å²) in [6.45, 7) is 3.92. The zero-order chi connectivity index (χ0) is 20.0. The number of fused-ring (bicyclic) bond motifs is 1. The number of carbonyl (C=O) groups is 1. The Morgan fingerprint density at radius 2 is 1.79 bits per heavy atom. The van der Waals surface area contributed by atoms with Gasteiger partial charge in [0.15, 0.2) is 0 Å². The number of likely N-dealkylation sites (tertiary alicyclic amines) is 1. The number of carbonyl (C=O) groups excluding carboxylic acids is 1. The van der Waals surface area contributed by atoms with Crippen LogP contribution < -0.4 is 10.2 Å². The average Bonchev–Trinajstić information content (AvgIpc) is 2.71. The summed E-state index contributed by atoms with van der Waals surface area (Å²) in [5.41, 5.74) is 0. The second kappa shape index (κ2) is 9.49.